The van der Waals surface area contributed by atoms with Gasteiger partial charge in [-0.05, 0) is 18.2 Å². The molecule has 3 rings (SSSR count). The van der Waals surface area contributed by atoms with Gasteiger partial charge in [-0.15, -0.1) is 0 Å². The normalized spacial score (nSPS) is 15.3. The Morgan fingerprint density at radius 1 is 1.00 bits per heavy atom. The highest BCUT2D eigenvalue weighted by molar-refractivity contribution is 7.86. The van der Waals surface area contributed by atoms with E-state index in [0.29, 0.717) is 0 Å². The van der Waals surface area contributed by atoms with Gasteiger partial charge >= 0.3 is 0 Å². The number of phenolic OH excluding ortho intramolecular Hbond substituents is 1. The molecular weight excluding hydrogens is 388 g/mol. The zero-order valence-corrected chi connectivity index (χ0v) is 15.0. The van der Waals surface area contributed by atoms with E-state index in [1.807, 2.05) is 0 Å². The predicted octanol–water partition coefficient (Wildman–Crippen LogP) is 0.227. The van der Waals surface area contributed by atoms with E-state index in [2.05, 4.69) is 5.32 Å². The molecule has 1 aliphatic rings. The van der Waals surface area contributed by atoms with Crippen LogP contribution in [0.2, 0.25) is 0 Å². The zero-order chi connectivity index (χ0) is 19.5. The zero-order valence-electron chi connectivity index (χ0n) is 13.4. The molecule has 10 nitrogen and oxygen atoms in total. The smallest absolute Gasteiger partial charge is 0.295 e. The molecule has 1 aliphatic heterocycles. The van der Waals surface area contributed by atoms with Crippen molar-refractivity contribution >= 4 is 36.7 Å². The number of hydrogen-bond donors (Lipinski definition) is 5. The Kier molecular flexibility index (Phi) is 6.05. The van der Waals surface area contributed by atoms with Crippen molar-refractivity contribution in [1.82, 2.24) is 5.32 Å². The van der Waals surface area contributed by atoms with Gasteiger partial charge in [-0.3, -0.25) is 9.11 Å². The summed E-state index contributed by atoms with van der Waals surface area (Å²) in [5.41, 5.74) is 5.56. The van der Waals surface area contributed by atoms with Crippen molar-refractivity contribution in [2.45, 2.75) is 9.79 Å². The summed E-state index contributed by atoms with van der Waals surface area (Å²) in [6.45, 7) is 3.83. The summed E-state index contributed by atoms with van der Waals surface area (Å²) < 4.78 is 67.7. The number of hydrogen-bond acceptors (Lipinski definition) is 8. The van der Waals surface area contributed by atoms with Crippen LogP contribution in [0.15, 0.2) is 34.1 Å². The van der Waals surface area contributed by atoms with Crippen molar-refractivity contribution in [3.63, 3.8) is 0 Å². The number of fused-ring (bicyclic) bond motifs is 1. The van der Waals surface area contributed by atoms with Crippen LogP contribution < -0.4 is 11.1 Å². The number of nitrogen functional groups attached to an aromatic ring is 1. The van der Waals surface area contributed by atoms with Gasteiger partial charge in [0.2, 0.25) is 0 Å². The van der Waals surface area contributed by atoms with Crippen LogP contribution in [-0.4, -0.2) is 57.4 Å². The van der Waals surface area contributed by atoms with E-state index in [0.717, 1.165) is 50.6 Å². The number of benzene rings is 2. The van der Waals surface area contributed by atoms with Gasteiger partial charge in [0.05, 0.1) is 18.1 Å². The molecule has 2 aromatic carbocycles. The van der Waals surface area contributed by atoms with Crippen molar-refractivity contribution in [3.05, 3.63) is 24.3 Å². The molecule has 2 aromatic rings. The third-order valence-electron chi connectivity index (χ3n) is 3.48. The highest BCUT2D eigenvalue weighted by Crippen LogP contribution is 2.36. The molecule has 0 radical (unpaired) electrons. The number of morpholine rings is 1. The molecule has 0 atom stereocenters. The average molecular weight is 406 g/mol. The van der Waals surface area contributed by atoms with E-state index in [4.69, 9.17) is 19.6 Å². The van der Waals surface area contributed by atoms with Crippen molar-refractivity contribution in [1.29, 1.82) is 0 Å². The van der Waals surface area contributed by atoms with E-state index in [-0.39, 0.29) is 16.5 Å². The fraction of sp³-hybridized carbons (Fsp3) is 0.286. The minimum atomic E-state index is -4.67. The van der Waals surface area contributed by atoms with E-state index in [1.54, 1.807) is 0 Å². The number of aromatic hydroxyl groups is 1. The monoisotopic (exact) mass is 406 g/mol. The van der Waals surface area contributed by atoms with Crippen LogP contribution in [0, 0.1) is 0 Å². The van der Waals surface area contributed by atoms with E-state index < -0.39 is 35.8 Å². The van der Waals surface area contributed by atoms with E-state index in [1.165, 1.54) is 0 Å². The number of anilines is 1. The second-order valence-corrected chi connectivity index (χ2v) is 8.14. The number of nitrogens with two attached hydrogens (primary N) is 1. The number of phenols is 1. The van der Waals surface area contributed by atoms with Gasteiger partial charge < -0.3 is 20.9 Å². The van der Waals surface area contributed by atoms with Gasteiger partial charge in [0.15, 0.2) is 0 Å². The molecule has 6 N–H and O–H groups in total. The SMILES string of the molecule is C1COCCN1.Nc1ccc(S(=O)(=O)O)c2cc(S(=O)(=O)O)cc(O)c12. The molecule has 144 valence electrons. The minimum Gasteiger partial charge on any atom is -0.507 e. The molecular formula is C14H18N2O8S2. The molecule has 0 amide bonds. The predicted molar refractivity (Wildman–Crippen MR) is 93.3 cm³/mol. The molecule has 26 heavy (non-hydrogen) atoms. The molecule has 0 aromatic heterocycles. The van der Waals surface area contributed by atoms with E-state index >= 15 is 0 Å². The van der Waals surface area contributed by atoms with Gasteiger partial charge in [-0.2, -0.15) is 16.8 Å². The molecule has 0 unspecified atom stereocenters. The van der Waals surface area contributed by atoms with Crippen LogP contribution in [0.3, 0.4) is 0 Å². The first kappa shape index (κ1) is 20.4. The first-order valence-corrected chi connectivity index (χ1v) is 10.2. The van der Waals surface area contributed by atoms with Gasteiger partial charge in [-0.25, -0.2) is 0 Å². The average Bonchev–Trinajstić information content (AvgIpc) is 2.55. The Bertz CT molecular complexity index is 1000. The maximum Gasteiger partial charge on any atom is 0.295 e. The van der Waals surface area contributed by atoms with Gasteiger partial charge in [0, 0.05) is 35.6 Å². The van der Waals surface area contributed by atoms with Crippen LogP contribution in [0.1, 0.15) is 0 Å². The second-order valence-electron chi connectivity index (χ2n) is 5.33. The molecule has 1 saturated heterocycles. The molecule has 1 fully saturated rings. The summed E-state index contributed by atoms with van der Waals surface area (Å²) in [7, 11) is -9.34. The summed E-state index contributed by atoms with van der Waals surface area (Å²) in [6.07, 6.45) is 0. The number of rotatable bonds is 2. The topological polar surface area (TPSA) is 176 Å². The number of ether oxygens (including phenoxy) is 1. The first-order chi connectivity index (χ1) is 12.0. The Morgan fingerprint density at radius 2 is 1.62 bits per heavy atom. The molecule has 0 spiro atoms. The maximum absolute atomic E-state index is 11.3. The molecule has 1 heterocycles. The third kappa shape index (κ3) is 4.81. The maximum atomic E-state index is 11.3. The lowest BCUT2D eigenvalue weighted by Crippen LogP contribution is -2.30. The fourth-order valence-electron chi connectivity index (χ4n) is 2.33. The minimum absolute atomic E-state index is 0.0215. The quantitative estimate of drug-likeness (QED) is 0.342. The lowest BCUT2D eigenvalue weighted by atomic mass is 10.1. The van der Waals surface area contributed by atoms with Crippen molar-refractivity contribution in [2.75, 3.05) is 32.0 Å². The standard InChI is InChI=1S/C10H9NO7S2.C4H9NO/c11-7-1-2-9(20(16,17)18)6-3-5(19(13,14)15)4-8(12)10(6)7;1-3-6-4-2-5-1/h1-4,12H,11H2,(H,13,14,15)(H,16,17,18);5H,1-4H2. The largest absolute Gasteiger partial charge is 0.507 e. The van der Waals surface area contributed by atoms with Crippen molar-refractivity contribution in [2.24, 2.45) is 0 Å². The highest BCUT2D eigenvalue weighted by Gasteiger charge is 2.21. The van der Waals surface area contributed by atoms with Crippen LogP contribution in [-0.2, 0) is 25.0 Å². The Morgan fingerprint density at radius 3 is 2.04 bits per heavy atom. The van der Waals surface area contributed by atoms with Crippen LogP contribution in [0.4, 0.5) is 5.69 Å². The van der Waals surface area contributed by atoms with Crippen LogP contribution in [0.5, 0.6) is 5.75 Å². The molecule has 0 aliphatic carbocycles. The third-order valence-corrected chi connectivity index (χ3v) is 5.22. The van der Waals surface area contributed by atoms with Crippen molar-refractivity contribution < 1.29 is 35.8 Å². The van der Waals surface area contributed by atoms with Crippen molar-refractivity contribution in [3.8, 4) is 5.75 Å². The molecule has 0 bridgehead atoms. The van der Waals surface area contributed by atoms with Gasteiger partial charge in [0.1, 0.15) is 10.6 Å². The first-order valence-electron chi connectivity index (χ1n) is 7.30. The summed E-state index contributed by atoms with van der Waals surface area (Å²) >= 11 is 0. The summed E-state index contributed by atoms with van der Waals surface area (Å²) in [5.74, 6) is -0.641. The summed E-state index contributed by atoms with van der Waals surface area (Å²) in [6, 6.07) is 3.62. The number of nitrogens with one attached hydrogen (secondary N) is 1. The lowest BCUT2D eigenvalue weighted by Gasteiger charge is -2.10. The lowest BCUT2D eigenvalue weighted by molar-refractivity contribution is 0.109. The van der Waals surface area contributed by atoms with Gasteiger partial charge in [-0.1, -0.05) is 0 Å². The Balaban J connectivity index is 0.000000342. The molecule has 0 saturated carbocycles. The van der Waals surface area contributed by atoms with E-state index in [9.17, 15) is 21.9 Å². The Labute approximate surface area is 150 Å². The summed E-state index contributed by atoms with van der Waals surface area (Å²) in [5, 5.41) is 12.4. The van der Waals surface area contributed by atoms with Crippen LogP contribution >= 0.6 is 0 Å². The Hall–Kier alpha value is -1.96. The summed E-state index contributed by atoms with van der Waals surface area (Å²) in [4.78, 5) is -1.36. The van der Waals surface area contributed by atoms with Gasteiger partial charge in [0.25, 0.3) is 20.2 Å². The fourth-order valence-corrected chi connectivity index (χ4v) is 3.53. The van der Waals surface area contributed by atoms with Crippen LogP contribution in [0.25, 0.3) is 10.8 Å². The molecule has 12 heteroatoms. The highest BCUT2D eigenvalue weighted by atomic mass is 32.2. The second kappa shape index (κ2) is 7.73.